The van der Waals surface area contributed by atoms with Crippen LogP contribution in [-0.4, -0.2) is 20.7 Å². The first-order valence-corrected chi connectivity index (χ1v) is 4.64. The van der Waals surface area contributed by atoms with E-state index < -0.39 is 5.60 Å². The lowest BCUT2D eigenvalue weighted by Crippen LogP contribution is -2.49. The number of rotatable bonds is 2. The highest BCUT2D eigenvalue weighted by Crippen LogP contribution is 2.39. The Balaban J connectivity index is 2.16. The Labute approximate surface area is 77.4 Å². The summed E-state index contributed by atoms with van der Waals surface area (Å²) in [6.07, 6.45) is 4.91. The molecule has 2 rings (SSSR count). The van der Waals surface area contributed by atoms with Crippen molar-refractivity contribution in [2.45, 2.75) is 38.0 Å². The lowest BCUT2D eigenvalue weighted by Gasteiger charge is -2.40. The fraction of sp³-hybridized carbons (Fsp3) is 0.667. The maximum absolute atomic E-state index is 10.0. The lowest BCUT2D eigenvalue weighted by atomic mass is 9.74. The van der Waals surface area contributed by atoms with Gasteiger partial charge >= 0.3 is 0 Å². The Morgan fingerprint density at radius 2 is 2.46 bits per heavy atom. The molecular weight excluding hydrogens is 166 g/mol. The Bertz CT molecular complexity index is 302. The normalized spacial score (nSPS) is 33.0. The van der Waals surface area contributed by atoms with Gasteiger partial charge in [-0.3, -0.25) is 0 Å². The van der Waals surface area contributed by atoms with Gasteiger partial charge in [-0.2, -0.15) is 0 Å². The molecule has 4 nitrogen and oxygen atoms in total. The predicted octanol–water partition coefficient (Wildman–Crippen LogP) is 0.212. The van der Waals surface area contributed by atoms with Gasteiger partial charge in [-0.1, -0.05) is 0 Å². The molecule has 0 spiro atoms. The van der Waals surface area contributed by atoms with E-state index in [-0.39, 0.29) is 6.04 Å². The van der Waals surface area contributed by atoms with E-state index in [9.17, 15) is 5.11 Å². The van der Waals surface area contributed by atoms with Gasteiger partial charge in [0.2, 0.25) is 0 Å². The van der Waals surface area contributed by atoms with Crippen molar-refractivity contribution in [3.8, 4) is 0 Å². The van der Waals surface area contributed by atoms with Gasteiger partial charge in [0.15, 0.2) is 0 Å². The number of nitrogens with zero attached hydrogens (tertiary/aromatic N) is 2. The minimum atomic E-state index is -0.750. The SMILES string of the molecule is CCn1cnc(C2(O)CC(N)C2)c1. The van der Waals surface area contributed by atoms with Crippen LogP contribution in [0.1, 0.15) is 25.5 Å². The summed E-state index contributed by atoms with van der Waals surface area (Å²) >= 11 is 0. The molecule has 0 aromatic carbocycles. The Kier molecular flexibility index (Phi) is 1.89. The largest absolute Gasteiger partial charge is 0.383 e. The van der Waals surface area contributed by atoms with Crippen molar-refractivity contribution >= 4 is 0 Å². The average Bonchev–Trinajstić information content (AvgIpc) is 2.49. The molecule has 0 bridgehead atoms. The third kappa shape index (κ3) is 1.36. The minimum Gasteiger partial charge on any atom is -0.383 e. The number of hydrogen-bond acceptors (Lipinski definition) is 3. The summed E-state index contributed by atoms with van der Waals surface area (Å²) in [7, 11) is 0. The van der Waals surface area contributed by atoms with E-state index in [1.807, 2.05) is 17.7 Å². The van der Waals surface area contributed by atoms with Crippen molar-refractivity contribution in [3.63, 3.8) is 0 Å². The molecule has 0 saturated heterocycles. The fourth-order valence-electron chi connectivity index (χ4n) is 1.79. The molecule has 1 saturated carbocycles. The van der Waals surface area contributed by atoms with E-state index in [2.05, 4.69) is 4.98 Å². The zero-order valence-corrected chi connectivity index (χ0v) is 7.77. The van der Waals surface area contributed by atoms with Gasteiger partial charge in [0.1, 0.15) is 5.60 Å². The van der Waals surface area contributed by atoms with Crippen LogP contribution in [0.25, 0.3) is 0 Å². The minimum absolute atomic E-state index is 0.136. The first kappa shape index (κ1) is 8.72. The number of hydrogen-bond donors (Lipinski definition) is 2. The Morgan fingerprint density at radius 3 is 2.92 bits per heavy atom. The molecule has 3 N–H and O–H groups in total. The molecule has 0 aliphatic heterocycles. The number of aliphatic hydroxyl groups is 1. The van der Waals surface area contributed by atoms with Crippen molar-refractivity contribution in [1.29, 1.82) is 0 Å². The van der Waals surface area contributed by atoms with Crippen molar-refractivity contribution in [1.82, 2.24) is 9.55 Å². The average molecular weight is 181 g/mol. The summed E-state index contributed by atoms with van der Waals surface area (Å²) in [6, 6.07) is 0.136. The lowest BCUT2D eigenvalue weighted by molar-refractivity contribution is -0.0557. The van der Waals surface area contributed by atoms with Crippen LogP contribution in [-0.2, 0) is 12.1 Å². The van der Waals surface area contributed by atoms with Crippen LogP contribution in [0.4, 0.5) is 0 Å². The number of aryl methyl sites for hydroxylation is 1. The smallest absolute Gasteiger partial charge is 0.111 e. The van der Waals surface area contributed by atoms with E-state index in [4.69, 9.17) is 5.73 Å². The van der Waals surface area contributed by atoms with Crippen LogP contribution in [0.2, 0.25) is 0 Å². The van der Waals surface area contributed by atoms with Crippen molar-refractivity contribution in [2.75, 3.05) is 0 Å². The van der Waals surface area contributed by atoms with Gasteiger partial charge in [0.25, 0.3) is 0 Å². The van der Waals surface area contributed by atoms with Crippen LogP contribution < -0.4 is 5.73 Å². The first-order chi connectivity index (χ1) is 6.14. The van der Waals surface area contributed by atoms with E-state index in [0.29, 0.717) is 12.8 Å². The second-order valence-corrected chi connectivity index (χ2v) is 3.79. The molecule has 0 unspecified atom stereocenters. The molecule has 1 aromatic rings. The molecule has 4 heteroatoms. The maximum atomic E-state index is 10.0. The third-order valence-electron chi connectivity index (χ3n) is 2.67. The molecule has 1 aromatic heterocycles. The van der Waals surface area contributed by atoms with Gasteiger partial charge < -0.3 is 15.4 Å². The first-order valence-electron chi connectivity index (χ1n) is 4.64. The summed E-state index contributed by atoms with van der Waals surface area (Å²) < 4.78 is 1.96. The van der Waals surface area contributed by atoms with Crippen molar-refractivity contribution in [3.05, 3.63) is 18.2 Å². The molecule has 1 heterocycles. The van der Waals surface area contributed by atoms with Crippen molar-refractivity contribution < 1.29 is 5.11 Å². The van der Waals surface area contributed by atoms with Crippen LogP contribution in [0, 0.1) is 0 Å². The monoisotopic (exact) mass is 181 g/mol. The quantitative estimate of drug-likeness (QED) is 0.685. The second-order valence-electron chi connectivity index (χ2n) is 3.79. The highest BCUT2D eigenvalue weighted by atomic mass is 16.3. The van der Waals surface area contributed by atoms with Gasteiger partial charge in [0, 0.05) is 18.8 Å². The van der Waals surface area contributed by atoms with Gasteiger partial charge in [-0.25, -0.2) is 4.98 Å². The van der Waals surface area contributed by atoms with E-state index in [1.54, 1.807) is 6.33 Å². The molecule has 0 atom stereocenters. The summed E-state index contributed by atoms with van der Waals surface area (Å²) in [4.78, 5) is 4.17. The van der Waals surface area contributed by atoms with Crippen molar-refractivity contribution in [2.24, 2.45) is 5.73 Å². The molecule has 13 heavy (non-hydrogen) atoms. The van der Waals surface area contributed by atoms with E-state index >= 15 is 0 Å². The fourth-order valence-corrected chi connectivity index (χ4v) is 1.79. The highest BCUT2D eigenvalue weighted by Gasteiger charge is 2.43. The summed E-state index contributed by atoms with van der Waals surface area (Å²) in [6.45, 7) is 2.93. The van der Waals surface area contributed by atoms with Crippen LogP contribution in [0.15, 0.2) is 12.5 Å². The summed E-state index contributed by atoms with van der Waals surface area (Å²) in [5.74, 6) is 0. The molecule has 1 fully saturated rings. The molecule has 72 valence electrons. The molecular formula is C9H15N3O. The molecule has 0 radical (unpaired) electrons. The van der Waals surface area contributed by atoms with Gasteiger partial charge in [-0.15, -0.1) is 0 Å². The number of aromatic nitrogens is 2. The highest BCUT2D eigenvalue weighted by molar-refractivity contribution is 5.15. The van der Waals surface area contributed by atoms with Crippen LogP contribution >= 0.6 is 0 Å². The van der Waals surface area contributed by atoms with E-state index in [0.717, 1.165) is 12.2 Å². The zero-order valence-electron chi connectivity index (χ0n) is 7.77. The maximum Gasteiger partial charge on any atom is 0.111 e. The molecule has 1 aliphatic carbocycles. The predicted molar refractivity (Wildman–Crippen MR) is 49.0 cm³/mol. The van der Waals surface area contributed by atoms with E-state index in [1.165, 1.54) is 0 Å². The summed E-state index contributed by atoms with van der Waals surface area (Å²) in [5, 5.41) is 10.0. The summed E-state index contributed by atoms with van der Waals surface area (Å²) in [5.41, 5.74) is 5.65. The van der Waals surface area contributed by atoms with Gasteiger partial charge in [0.05, 0.1) is 12.0 Å². The van der Waals surface area contributed by atoms with Gasteiger partial charge in [-0.05, 0) is 19.8 Å². The second kappa shape index (κ2) is 2.82. The number of imidazole rings is 1. The Morgan fingerprint density at radius 1 is 1.77 bits per heavy atom. The molecule has 0 amide bonds. The zero-order chi connectivity index (χ0) is 9.47. The molecule has 1 aliphatic rings. The van der Waals surface area contributed by atoms with Crippen LogP contribution in [0.5, 0.6) is 0 Å². The topological polar surface area (TPSA) is 64.1 Å². The Hall–Kier alpha value is -0.870. The third-order valence-corrected chi connectivity index (χ3v) is 2.67. The van der Waals surface area contributed by atoms with Crippen LogP contribution in [0.3, 0.4) is 0 Å². The number of nitrogens with two attached hydrogens (primary N) is 1. The standard InChI is InChI=1S/C9H15N3O/c1-2-12-5-8(11-6-12)9(13)3-7(10)4-9/h5-7,13H,2-4,10H2,1H3.